The molecule has 0 aliphatic rings. The molecule has 4 heteroatoms. The van der Waals surface area contributed by atoms with Crippen molar-refractivity contribution in [1.82, 2.24) is 0 Å². The number of hydrogen-bond donors (Lipinski definition) is 1. The summed E-state index contributed by atoms with van der Waals surface area (Å²) in [5.41, 5.74) is 1.38. The lowest BCUT2D eigenvalue weighted by Crippen LogP contribution is -1.87. The molecule has 0 bridgehead atoms. The number of phenols is 1. The van der Waals surface area contributed by atoms with Gasteiger partial charge in [-0.15, -0.1) is 0 Å². The Labute approximate surface area is 84.2 Å². The Morgan fingerprint density at radius 1 is 1.62 bits per heavy atom. The minimum atomic E-state index is 0.150. The van der Waals surface area contributed by atoms with Crippen molar-refractivity contribution in [2.45, 2.75) is 13.5 Å². The Balaban J connectivity index is 3.16. The van der Waals surface area contributed by atoms with Gasteiger partial charge in [0.05, 0.1) is 6.54 Å². The van der Waals surface area contributed by atoms with E-state index in [4.69, 9.17) is 0 Å². The van der Waals surface area contributed by atoms with E-state index in [1.165, 1.54) is 6.08 Å². The number of phenolic OH excluding ortho intramolecular Hbond substituents is 1. The van der Waals surface area contributed by atoms with E-state index in [1.807, 2.05) is 6.07 Å². The fourth-order valence-electron chi connectivity index (χ4n) is 0.991. The topological polar surface area (TPSA) is 49.7 Å². The number of halogens is 1. The Bertz CT molecular complexity index is 370. The molecular formula is C9H8BrNO2. The van der Waals surface area contributed by atoms with Crippen LogP contribution in [0.5, 0.6) is 5.75 Å². The van der Waals surface area contributed by atoms with Gasteiger partial charge >= 0.3 is 0 Å². The van der Waals surface area contributed by atoms with E-state index < -0.39 is 0 Å². The molecule has 0 saturated carbocycles. The van der Waals surface area contributed by atoms with Crippen molar-refractivity contribution in [3.63, 3.8) is 0 Å². The molecule has 1 aromatic carbocycles. The SMILES string of the molecule is Cc1ccc(Br)c(CN=C=O)c1O. The van der Waals surface area contributed by atoms with Crippen LogP contribution in [0.2, 0.25) is 0 Å². The molecule has 3 nitrogen and oxygen atoms in total. The number of aliphatic imine (C=N–C) groups is 1. The fraction of sp³-hybridized carbons (Fsp3) is 0.222. The van der Waals surface area contributed by atoms with Crippen LogP contribution in [0.1, 0.15) is 11.1 Å². The highest BCUT2D eigenvalue weighted by molar-refractivity contribution is 9.10. The van der Waals surface area contributed by atoms with E-state index in [2.05, 4.69) is 20.9 Å². The molecule has 0 spiro atoms. The van der Waals surface area contributed by atoms with Gasteiger partial charge in [0.2, 0.25) is 6.08 Å². The molecule has 1 aromatic rings. The highest BCUT2D eigenvalue weighted by Crippen LogP contribution is 2.29. The lowest BCUT2D eigenvalue weighted by molar-refractivity contribution is 0.463. The lowest BCUT2D eigenvalue weighted by Gasteiger charge is -2.05. The van der Waals surface area contributed by atoms with Gasteiger partial charge in [-0.25, -0.2) is 9.79 Å². The minimum Gasteiger partial charge on any atom is -0.507 e. The van der Waals surface area contributed by atoms with E-state index in [-0.39, 0.29) is 12.3 Å². The number of aryl methyl sites for hydroxylation is 1. The van der Waals surface area contributed by atoms with Crippen LogP contribution in [0.3, 0.4) is 0 Å². The maximum Gasteiger partial charge on any atom is 0.235 e. The van der Waals surface area contributed by atoms with Crippen LogP contribution < -0.4 is 0 Å². The zero-order valence-electron chi connectivity index (χ0n) is 7.04. The van der Waals surface area contributed by atoms with Crippen LogP contribution in [-0.4, -0.2) is 11.2 Å². The van der Waals surface area contributed by atoms with Crippen LogP contribution in [0.25, 0.3) is 0 Å². The van der Waals surface area contributed by atoms with Crippen molar-refractivity contribution in [1.29, 1.82) is 0 Å². The van der Waals surface area contributed by atoms with Crippen molar-refractivity contribution in [2.75, 3.05) is 0 Å². The normalized spacial score (nSPS) is 9.38. The van der Waals surface area contributed by atoms with E-state index in [0.29, 0.717) is 5.56 Å². The summed E-state index contributed by atoms with van der Waals surface area (Å²) in [7, 11) is 0. The molecule has 0 unspecified atom stereocenters. The molecule has 0 aromatic heterocycles. The maximum absolute atomic E-state index is 9.90. The van der Waals surface area contributed by atoms with Crippen LogP contribution in [0.4, 0.5) is 0 Å². The first-order chi connectivity index (χ1) is 6.16. The highest BCUT2D eigenvalue weighted by atomic mass is 79.9. The summed E-state index contributed by atoms with van der Waals surface area (Å²) in [4.78, 5) is 13.3. The van der Waals surface area contributed by atoms with Crippen LogP contribution >= 0.6 is 15.9 Å². The van der Waals surface area contributed by atoms with Gasteiger partial charge in [-0.2, -0.15) is 0 Å². The lowest BCUT2D eigenvalue weighted by atomic mass is 10.1. The van der Waals surface area contributed by atoms with Gasteiger partial charge in [-0.1, -0.05) is 22.0 Å². The number of nitrogens with zero attached hydrogens (tertiary/aromatic N) is 1. The second-order valence-corrected chi connectivity index (χ2v) is 3.45. The number of aromatic hydroxyl groups is 1. The Morgan fingerprint density at radius 3 is 2.92 bits per heavy atom. The van der Waals surface area contributed by atoms with Gasteiger partial charge in [-0.05, 0) is 18.6 Å². The Hall–Kier alpha value is -1.12. The van der Waals surface area contributed by atoms with Crippen LogP contribution in [0.15, 0.2) is 21.6 Å². The molecule has 1 rings (SSSR count). The Morgan fingerprint density at radius 2 is 2.31 bits per heavy atom. The summed E-state index contributed by atoms with van der Waals surface area (Å²) < 4.78 is 0.745. The second-order valence-electron chi connectivity index (χ2n) is 2.60. The van der Waals surface area contributed by atoms with E-state index in [0.717, 1.165) is 10.0 Å². The summed E-state index contributed by atoms with van der Waals surface area (Å²) in [6.45, 7) is 1.94. The highest BCUT2D eigenvalue weighted by Gasteiger charge is 2.07. The van der Waals surface area contributed by atoms with Crippen LogP contribution in [0, 0.1) is 6.92 Å². The molecular weight excluding hydrogens is 234 g/mol. The predicted molar refractivity (Wildman–Crippen MR) is 52.4 cm³/mol. The van der Waals surface area contributed by atoms with Crippen molar-refractivity contribution in [3.05, 3.63) is 27.7 Å². The number of benzene rings is 1. The molecule has 13 heavy (non-hydrogen) atoms. The van der Waals surface area contributed by atoms with Gasteiger partial charge in [0.15, 0.2) is 0 Å². The molecule has 1 N–H and O–H groups in total. The van der Waals surface area contributed by atoms with Crippen molar-refractivity contribution < 1.29 is 9.90 Å². The Kier molecular flexibility index (Phi) is 3.23. The molecule has 0 radical (unpaired) electrons. The van der Waals surface area contributed by atoms with E-state index in [9.17, 15) is 9.90 Å². The molecule has 0 aliphatic carbocycles. The third kappa shape index (κ3) is 2.17. The van der Waals surface area contributed by atoms with Gasteiger partial charge in [0.25, 0.3) is 0 Å². The summed E-state index contributed by atoms with van der Waals surface area (Å²) >= 11 is 3.26. The van der Waals surface area contributed by atoms with Crippen molar-refractivity contribution in [3.8, 4) is 5.75 Å². The largest absolute Gasteiger partial charge is 0.507 e. The number of rotatable bonds is 2. The molecule has 0 saturated heterocycles. The molecule has 0 heterocycles. The maximum atomic E-state index is 9.90. The third-order valence-corrected chi connectivity index (χ3v) is 2.47. The van der Waals surface area contributed by atoms with Gasteiger partial charge in [-0.3, -0.25) is 0 Å². The quantitative estimate of drug-likeness (QED) is 0.638. The predicted octanol–water partition coefficient (Wildman–Crippen LogP) is 2.30. The summed E-state index contributed by atoms with van der Waals surface area (Å²) in [5.74, 6) is 0.174. The molecule has 0 fully saturated rings. The first-order valence-corrected chi connectivity index (χ1v) is 4.46. The third-order valence-electron chi connectivity index (χ3n) is 1.73. The number of isocyanates is 1. The fourth-order valence-corrected chi connectivity index (χ4v) is 1.44. The summed E-state index contributed by atoms with van der Waals surface area (Å²) in [6.07, 6.45) is 1.43. The standard InChI is InChI=1S/C9H8BrNO2/c1-6-2-3-8(10)7(9(6)13)4-11-5-12/h2-3,13H,4H2,1H3. The van der Waals surface area contributed by atoms with Crippen LogP contribution in [-0.2, 0) is 11.3 Å². The average molecular weight is 242 g/mol. The zero-order chi connectivity index (χ0) is 9.84. The van der Waals surface area contributed by atoms with E-state index in [1.54, 1.807) is 13.0 Å². The minimum absolute atomic E-state index is 0.150. The van der Waals surface area contributed by atoms with E-state index >= 15 is 0 Å². The van der Waals surface area contributed by atoms with Gasteiger partial charge < -0.3 is 5.11 Å². The van der Waals surface area contributed by atoms with Crippen molar-refractivity contribution >= 4 is 22.0 Å². The zero-order valence-corrected chi connectivity index (χ0v) is 8.63. The number of carbonyl (C=O) groups excluding carboxylic acids is 1. The molecule has 0 atom stereocenters. The summed E-state index contributed by atoms with van der Waals surface area (Å²) in [5, 5.41) is 9.59. The van der Waals surface area contributed by atoms with Crippen molar-refractivity contribution in [2.24, 2.45) is 4.99 Å². The molecule has 68 valence electrons. The monoisotopic (exact) mass is 241 g/mol. The number of hydrogen-bond acceptors (Lipinski definition) is 3. The smallest absolute Gasteiger partial charge is 0.235 e. The first-order valence-electron chi connectivity index (χ1n) is 3.67. The van der Waals surface area contributed by atoms with Gasteiger partial charge in [0, 0.05) is 10.0 Å². The van der Waals surface area contributed by atoms with Gasteiger partial charge in [0.1, 0.15) is 5.75 Å². The molecule has 0 aliphatic heterocycles. The first kappa shape index (κ1) is 9.96. The summed E-state index contributed by atoms with van der Waals surface area (Å²) in [6, 6.07) is 3.60. The second kappa shape index (κ2) is 4.21. The molecule has 0 amide bonds. The average Bonchev–Trinajstić information content (AvgIpc) is 2.12.